The molecule has 1 atom stereocenters. The SMILES string of the molecule is CC(C)(C)OCC(O)CNC1(c2ccc(Br)cc2)CC1. The van der Waals surface area contributed by atoms with Crippen molar-refractivity contribution in [3.05, 3.63) is 34.3 Å². The molecular weight excluding hydrogens is 318 g/mol. The minimum absolute atomic E-state index is 0.0589. The van der Waals surface area contributed by atoms with E-state index in [4.69, 9.17) is 4.74 Å². The molecule has 1 aromatic carbocycles. The second-order valence-corrected chi connectivity index (χ2v) is 7.46. The Labute approximate surface area is 129 Å². The van der Waals surface area contributed by atoms with Gasteiger partial charge in [-0.2, -0.15) is 0 Å². The molecule has 1 aliphatic rings. The Bertz CT molecular complexity index is 435. The zero-order chi connectivity index (χ0) is 14.8. The van der Waals surface area contributed by atoms with Crippen LogP contribution in [0.5, 0.6) is 0 Å². The molecule has 2 N–H and O–H groups in total. The lowest BCUT2D eigenvalue weighted by Gasteiger charge is -2.24. The Balaban J connectivity index is 1.83. The highest BCUT2D eigenvalue weighted by atomic mass is 79.9. The van der Waals surface area contributed by atoms with Gasteiger partial charge in [0.25, 0.3) is 0 Å². The van der Waals surface area contributed by atoms with Gasteiger partial charge >= 0.3 is 0 Å². The summed E-state index contributed by atoms with van der Waals surface area (Å²) in [6.45, 7) is 6.92. The summed E-state index contributed by atoms with van der Waals surface area (Å²) in [7, 11) is 0. The van der Waals surface area contributed by atoms with E-state index >= 15 is 0 Å². The zero-order valence-electron chi connectivity index (χ0n) is 12.4. The van der Waals surface area contributed by atoms with Gasteiger partial charge in [0.1, 0.15) is 0 Å². The molecule has 0 aliphatic heterocycles. The number of aliphatic hydroxyl groups is 1. The highest BCUT2D eigenvalue weighted by Crippen LogP contribution is 2.45. The van der Waals surface area contributed by atoms with Crippen molar-refractivity contribution in [1.82, 2.24) is 5.32 Å². The lowest BCUT2D eigenvalue weighted by Crippen LogP contribution is -2.39. The first kappa shape index (κ1) is 16.0. The van der Waals surface area contributed by atoms with Gasteiger partial charge in [-0.1, -0.05) is 28.1 Å². The Morgan fingerprint density at radius 3 is 2.40 bits per heavy atom. The van der Waals surface area contributed by atoms with E-state index in [9.17, 15) is 5.11 Å². The van der Waals surface area contributed by atoms with Gasteiger partial charge in [0.05, 0.1) is 18.3 Å². The fourth-order valence-corrected chi connectivity index (χ4v) is 2.44. The van der Waals surface area contributed by atoms with Crippen molar-refractivity contribution in [3.8, 4) is 0 Å². The molecule has 1 saturated carbocycles. The second-order valence-electron chi connectivity index (χ2n) is 6.55. The molecule has 0 heterocycles. The lowest BCUT2D eigenvalue weighted by atomic mass is 10.0. The van der Waals surface area contributed by atoms with E-state index in [0.717, 1.165) is 17.3 Å². The molecule has 112 valence electrons. The number of benzene rings is 1. The van der Waals surface area contributed by atoms with Crippen LogP contribution in [0.1, 0.15) is 39.2 Å². The monoisotopic (exact) mass is 341 g/mol. The fourth-order valence-electron chi connectivity index (χ4n) is 2.18. The predicted molar refractivity (Wildman–Crippen MR) is 84.8 cm³/mol. The third-order valence-electron chi connectivity index (χ3n) is 3.53. The summed E-state index contributed by atoms with van der Waals surface area (Å²) in [6.07, 6.45) is 1.78. The van der Waals surface area contributed by atoms with Gasteiger partial charge in [-0.3, -0.25) is 0 Å². The molecule has 0 spiro atoms. The summed E-state index contributed by atoms with van der Waals surface area (Å²) in [5, 5.41) is 13.5. The Hall–Kier alpha value is -0.420. The number of ether oxygens (including phenoxy) is 1. The molecule has 2 rings (SSSR count). The van der Waals surface area contributed by atoms with Crippen LogP contribution in [0.4, 0.5) is 0 Å². The molecule has 1 fully saturated rings. The van der Waals surface area contributed by atoms with E-state index in [-0.39, 0.29) is 11.1 Å². The molecule has 0 bridgehead atoms. The maximum absolute atomic E-state index is 10.00. The Morgan fingerprint density at radius 2 is 1.90 bits per heavy atom. The summed E-state index contributed by atoms with van der Waals surface area (Å²) in [5.41, 5.74) is 1.15. The van der Waals surface area contributed by atoms with Crippen molar-refractivity contribution >= 4 is 15.9 Å². The predicted octanol–water partition coefficient (Wildman–Crippen LogP) is 3.20. The largest absolute Gasteiger partial charge is 0.389 e. The molecule has 1 aromatic rings. The average Bonchev–Trinajstić information content (AvgIpc) is 3.15. The van der Waals surface area contributed by atoms with Gasteiger partial charge in [0.15, 0.2) is 0 Å². The molecule has 0 radical (unpaired) electrons. The minimum Gasteiger partial charge on any atom is -0.389 e. The second kappa shape index (κ2) is 6.14. The first-order valence-electron chi connectivity index (χ1n) is 7.14. The third kappa shape index (κ3) is 4.55. The van der Waals surface area contributed by atoms with Crippen molar-refractivity contribution in [2.75, 3.05) is 13.2 Å². The first-order valence-corrected chi connectivity index (χ1v) is 7.93. The molecule has 4 heteroatoms. The molecular formula is C16H24BrNO2. The van der Waals surface area contributed by atoms with Gasteiger partial charge in [-0.05, 0) is 51.3 Å². The van der Waals surface area contributed by atoms with Crippen LogP contribution in [-0.4, -0.2) is 30.0 Å². The summed E-state index contributed by atoms with van der Waals surface area (Å²) >= 11 is 3.46. The number of halogens is 1. The lowest BCUT2D eigenvalue weighted by molar-refractivity contribution is -0.0486. The number of hydrogen-bond donors (Lipinski definition) is 2. The molecule has 3 nitrogen and oxygen atoms in total. The molecule has 1 unspecified atom stereocenters. The van der Waals surface area contributed by atoms with Crippen LogP contribution in [0.2, 0.25) is 0 Å². The van der Waals surface area contributed by atoms with Crippen LogP contribution in [0.3, 0.4) is 0 Å². The fraction of sp³-hybridized carbons (Fsp3) is 0.625. The maximum atomic E-state index is 10.00. The van der Waals surface area contributed by atoms with E-state index in [1.807, 2.05) is 20.8 Å². The zero-order valence-corrected chi connectivity index (χ0v) is 14.0. The Morgan fingerprint density at radius 1 is 1.30 bits per heavy atom. The quantitative estimate of drug-likeness (QED) is 0.834. The van der Waals surface area contributed by atoms with Crippen LogP contribution >= 0.6 is 15.9 Å². The van der Waals surface area contributed by atoms with Crippen LogP contribution in [0.25, 0.3) is 0 Å². The number of aliphatic hydroxyl groups excluding tert-OH is 1. The molecule has 1 aliphatic carbocycles. The van der Waals surface area contributed by atoms with E-state index in [2.05, 4.69) is 45.5 Å². The van der Waals surface area contributed by atoms with E-state index in [0.29, 0.717) is 13.2 Å². The van der Waals surface area contributed by atoms with E-state index in [1.165, 1.54) is 5.56 Å². The average molecular weight is 342 g/mol. The van der Waals surface area contributed by atoms with Crippen LogP contribution in [0, 0.1) is 0 Å². The highest BCUT2D eigenvalue weighted by Gasteiger charge is 2.43. The smallest absolute Gasteiger partial charge is 0.0898 e. The van der Waals surface area contributed by atoms with Gasteiger partial charge in [-0.25, -0.2) is 0 Å². The minimum atomic E-state index is -0.470. The topological polar surface area (TPSA) is 41.5 Å². The standard InChI is InChI=1S/C16H24BrNO2/c1-15(2,3)20-11-14(19)10-18-16(8-9-16)12-4-6-13(17)7-5-12/h4-7,14,18-19H,8-11H2,1-3H3. The highest BCUT2D eigenvalue weighted by molar-refractivity contribution is 9.10. The number of nitrogens with one attached hydrogen (secondary N) is 1. The van der Waals surface area contributed by atoms with E-state index < -0.39 is 6.10 Å². The summed E-state index contributed by atoms with van der Waals surface area (Å²) in [5.74, 6) is 0. The summed E-state index contributed by atoms with van der Waals surface area (Å²) < 4.78 is 6.70. The summed E-state index contributed by atoms with van der Waals surface area (Å²) in [6, 6.07) is 8.41. The van der Waals surface area contributed by atoms with E-state index in [1.54, 1.807) is 0 Å². The number of rotatable bonds is 6. The van der Waals surface area contributed by atoms with Crippen molar-refractivity contribution in [2.45, 2.75) is 50.9 Å². The number of hydrogen-bond acceptors (Lipinski definition) is 3. The van der Waals surface area contributed by atoms with Crippen molar-refractivity contribution in [2.24, 2.45) is 0 Å². The molecule has 20 heavy (non-hydrogen) atoms. The molecule has 0 saturated heterocycles. The summed E-state index contributed by atoms with van der Waals surface area (Å²) in [4.78, 5) is 0. The van der Waals surface area contributed by atoms with Crippen LogP contribution in [0.15, 0.2) is 28.7 Å². The van der Waals surface area contributed by atoms with Crippen molar-refractivity contribution in [1.29, 1.82) is 0 Å². The van der Waals surface area contributed by atoms with Crippen molar-refractivity contribution < 1.29 is 9.84 Å². The van der Waals surface area contributed by atoms with Gasteiger partial charge in [0.2, 0.25) is 0 Å². The Kier molecular flexibility index (Phi) is 4.90. The normalized spacial score (nSPS) is 18.9. The van der Waals surface area contributed by atoms with Crippen LogP contribution in [-0.2, 0) is 10.3 Å². The third-order valence-corrected chi connectivity index (χ3v) is 4.06. The van der Waals surface area contributed by atoms with Gasteiger partial charge < -0.3 is 15.2 Å². The first-order chi connectivity index (χ1) is 9.31. The van der Waals surface area contributed by atoms with Crippen LogP contribution < -0.4 is 5.32 Å². The molecule has 0 amide bonds. The van der Waals surface area contributed by atoms with Crippen molar-refractivity contribution in [3.63, 3.8) is 0 Å². The van der Waals surface area contributed by atoms with Gasteiger partial charge in [-0.15, -0.1) is 0 Å². The maximum Gasteiger partial charge on any atom is 0.0898 e. The van der Waals surface area contributed by atoms with Gasteiger partial charge in [0, 0.05) is 16.6 Å². The molecule has 0 aromatic heterocycles.